The van der Waals surface area contributed by atoms with Crippen LogP contribution in [0.15, 0.2) is 30.6 Å². The van der Waals surface area contributed by atoms with Crippen LogP contribution in [0.3, 0.4) is 0 Å². The van der Waals surface area contributed by atoms with Crippen LogP contribution >= 0.6 is 0 Å². The number of nitrogens with zero attached hydrogens (tertiary/aromatic N) is 11. The van der Waals surface area contributed by atoms with Crippen LogP contribution < -0.4 is 9.80 Å². The number of rotatable bonds is 5. The molecular formula is C24H29N11O. The molecule has 0 unspecified atom stereocenters. The second-order valence-electron chi connectivity index (χ2n) is 9.37. The van der Waals surface area contributed by atoms with Gasteiger partial charge in [0.05, 0.1) is 24.2 Å². The number of aryl methyl sites for hydroxylation is 1. The number of hydrogen-bond acceptors (Lipinski definition) is 9. The monoisotopic (exact) mass is 487 g/mol. The Kier molecular flexibility index (Phi) is 5.32. The van der Waals surface area contributed by atoms with E-state index in [0.29, 0.717) is 30.8 Å². The maximum Gasteiger partial charge on any atom is 0.241 e. The Morgan fingerprint density at radius 3 is 2.50 bits per heavy atom. The molecule has 0 radical (unpaired) electrons. The molecule has 4 aromatic heterocycles. The standard InChI is InChI=1S/C24H29N11O/c1-15(2)35-21(25-14-26-35)22-28-18-19(32(22)5)29-23(30-20(18)33-10-12-36-13-11-33)34-17-9-7-6-8-16(17)27-24(34)31(3)4/h6-9,14-15H,10-13H2,1-5H3. The summed E-state index contributed by atoms with van der Waals surface area (Å²) in [5.74, 6) is 3.47. The molecule has 0 saturated carbocycles. The summed E-state index contributed by atoms with van der Waals surface area (Å²) in [5, 5.41) is 4.41. The Bertz CT molecular complexity index is 1560. The van der Waals surface area contributed by atoms with Crippen LogP contribution in [0, 0.1) is 0 Å². The largest absolute Gasteiger partial charge is 0.378 e. The first-order chi connectivity index (χ1) is 17.4. The first kappa shape index (κ1) is 22.4. The average Bonchev–Trinajstić information content (AvgIpc) is 3.59. The summed E-state index contributed by atoms with van der Waals surface area (Å²) in [6.07, 6.45) is 1.57. The molecule has 12 heteroatoms. The van der Waals surface area contributed by atoms with Gasteiger partial charge in [-0.05, 0) is 26.0 Å². The minimum absolute atomic E-state index is 0.141. The first-order valence-electron chi connectivity index (χ1n) is 12.1. The molecule has 0 aliphatic carbocycles. The fraction of sp³-hybridized carbons (Fsp3) is 0.417. The van der Waals surface area contributed by atoms with Crippen molar-refractivity contribution >= 4 is 34.0 Å². The molecule has 6 rings (SSSR count). The predicted molar refractivity (Wildman–Crippen MR) is 138 cm³/mol. The Morgan fingerprint density at radius 2 is 1.75 bits per heavy atom. The molecule has 0 atom stereocenters. The number of benzene rings is 1. The van der Waals surface area contributed by atoms with Crippen LogP contribution in [0.1, 0.15) is 19.9 Å². The maximum atomic E-state index is 5.62. The van der Waals surface area contributed by atoms with E-state index in [2.05, 4.69) is 28.8 Å². The molecule has 1 aliphatic heterocycles. The van der Waals surface area contributed by atoms with Gasteiger partial charge in [0.2, 0.25) is 11.9 Å². The lowest BCUT2D eigenvalue weighted by Crippen LogP contribution is -2.37. The van der Waals surface area contributed by atoms with E-state index in [1.54, 1.807) is 6.33 Å². The quantitative estimate of drug-likeness (QED) is 0.369. The van der Waals surface area contributed by atoms with E-state index < -0.39 is 0 Å². The minimum atomic E-state index is 0.141. The van der Waals surface area contributed by atoms with Gasteiger partial charge in [0.25, 0.3) is 0 Å². The van der Waals surface area contributed by atoms with Gasteiger partial charge >= 0.3 is 0 Å². The number of ether oxygens (including phenoxy) is 1. The van der Waals surface area contributed by atoms with Crippen LogP contribution in [0.2, 0.25) is 0 Å². The van der Waals surface area contributed by atoms with Crippen molar-refractivity contribution < 1.29 is 4.74 Å². The van der Waals surface area contributed by atoms with Gasteiger partial charge in [-0.3, -0.25) is 0 Å². The second-order valence-corrected chi connectivity index (χ2v) is 9.37. The molecule has 5 heterocycles. The summed E-state index contributed by atoms with van der Waals surface area (Å²) in [4.78, 5) is 28.7. The van der Waals surface area contributed by atoms with E-state index in [1.165, 1.54) is 0 Å². The van der Waals surface area contributed by atoms with Gasteiger partial charge in [-0.15, -0.1) is 0 Å². The number of para-hydroxylation sites is 2. The first-order valence-corrected chi connectivity index (χ1v) is 12.1. The second kappa shape index (κ2) is 8.55. The van der Waals surface area contributed by atoms with Gasteiger partial charge < -0.3 is 19.1 Å². The van der Waals surface area contributed by atoms with Crippen molar-refractivity contribution in [3.05, 3.63) is 30.6 Å². The molecule has 186 valence electrons. The summed E-state index contributed by atoms with van der Waals surface area (Å²) in [5.41, 5.74) is 3.27. The fourth-order valence-electron chi connectivity index (χ4n) is 4.63. The van der Waals surface area contributed by atoms with Gasteiger partial charge in [0, 0.05) is 40.3 Å². The highest BCUT2D eigenvalue weighted by Gasteiger charge is 2.26. The molecule has 1 fully saturated rings. The van der Waals surface area contributed by atoms with Crippen LogP contribution in [0.4, 0.5) is 11.8 Å². The number of fused-ring (bicyclic) bond motifs is 2. The third kappa shape index (κ3) is 3.48. The number of aromatic nitrogens is 9. The van der Waals surface area contributed by atoms with Crippen molar-refractivity contribution in [1.29, 1.82) is 0 Å². The number of anilines is 2. The Hall–Kier alpha value is -4.06. The molecule has 1 saturated heterocycles. The van der Waals surface area contributed by atoms with Crippen LogP contribution in [-0.4, -0.2) is 84.2 Å². The van der Waals surface area contributed by atoms with Crippen molar-refractivity contribution in [3.63, 3.8) is 0 Å². The van der Waals surface area contributed by atoms with E-state index in [0.717, 1.165) is 47.1 Å². The predicted octanol–water partition coefficient (Wildman–Crippen LogP) is 2.44. The molecule has 0 N–H and O–H groups in total. The van der Waals surface area contributed by atoms with Crippen LogP contribution in [0.25, 0.3) is 39.8 Å². The Balaban J connectivity index is 1.64. The molecule has 5 aromatic rings. The minimum Gasteiger partial charge on any atom is -0.378 e. The van der Waals surface area contributed by atoms with E-state index in [9.17, 15) is 0 Å². The number of imidazole rings is 2. The third-order valence-corrected chi connectivity index (χ3v) is 6.40. The summed E-state index contributed by atoms with van der Waals surface area (Å²) in [7, 11) is 5.91. The lowest BCUT2D eigenvalue weighted by atomic mass is 10.3. The zero-order valence-electron chi connectivity index (χ0n) is 21.1. The van der Waals surface area contributed by atoms with Gasteiger partial charge in [-0.1, -0.05) is 12.1 Å². The Labute approximate surface area is 208 Å². The zero-order chi connectivity index (χ0) is 25.0. The van der Waals surface area contributed by atoms with Crippen LogP contribution in [-0.2, 0) is 11.8 Å². The number of hydrogen-bond donors (Lipinski definition) is 0. The number of morpholine rings is 1. The van der Waals surface area contributed by atoms with Crippen molar-refractivity contribution in [1.82, 2.24) is 43.8 Å². The molecule has 1 aromatic carbocycles. The molecule has 1 aliphatic rings. The molecule has 0 spiro atoms. The SMILES string of the molecule is CC(C)n1ncnc1-c1nc2c(N3CCOCC3)nc(-n3c(N(C)C)nc4ccccc43)nc2n1C. The highest BCUT2D eigenvalue weighted by molar-refractivity contribution is 5.88. The van der Waals surface area contributed by atoms with E-state index in [1.807, 2.05) is 64.1 Å². The van der Waals surface area contributed by atoms with Crippen molar-refractivity contribution in [3.8, 4) is 17.6 Å². The maximum absolute atomic E-state index is 5.62. The smallest absolute Gasteiger partial charge is 0.241 e. The molecule has 0 bridgehead atoms. The van der Waals surface area contributed by atoms with Crippen molar-refractivity contribution in [2.45, 2.75) is 19.9 Å². The van der Waals surface area contributed by atoms with E-state index in [-0.39, 0.29) is 6.04 Å². The van der Waals surface area contributed by atoms with Crippen LogP contribution in [0.5, 0.6) is 0 Å². The summed E-state index contributed by atoms with van der Waals surface area (Å²) in [6, 6.07) is 8.17. The topological polar surface area (TPSA) is 108 Å². The summed E-state index contributed by atoms with van der Waals surface area (Å²) in [6.45, 7) is 6.88. The summed E-state index contributed by atoms with van der Waals surface area (Å²) < 4.78 is 11.5. The molecule has 0 amide bonds. The average molecular weight is 488 g/mol. The molecule has 12 nitrogen and oxygen atoms in total. The van der Waals surface area contributed by atoms with Crippen molar-refractivity contribution in [2.75, 3.05) is 50.2 Å². The van der Waals surface area contributed by atoms with Gasteiger partial charge in [0.15, 0.2) is 28.6 Å². The normalized spacial score (nSPS) is 14.4. The summed E-state index contributed by atoms with van der Waals surface area (Å²) >= 11 is 0. The highest BCUT2D eigenvalue weighted by Crippen LogP contribution is 2.32. The highest BCUT2D eigenvalue weighted by atomic mass is 16.5. The molecular weight excluding hydrogens is 458 g/mol. The zero-order valence-corrected chi connectivity index (χ0v) is 21.1. The van der Waals surface area contributed by atoms with E-state index in [4.69, 9.17) is 24.7 Å². The lowest BCUT2D eigenvalue weighted by Gasteiger charge is -2.28. The van der Waals surface area contributed by atoms with Gasteiger partial charge in [-0.25, -0.2) is 24.2 Å². The van der Waals surface area contributed by atoms with Crippen molar-refractivity contribution in [2.24, 2.45) is 7.05 Å². The Morgan fingerprint density at radius 1 is 0.972 bits per heavy atom. The van der Waals surface area contributed by atoms with E-state index >= 15 is 0 Å². The molecule has 36 heavy (non-hydrogen) atoms. The third-order valence-electron chi connectivity index (χ3n) is 6.40. The van der Waals surface area contributed by atoms with Gasteiger partial charge in [-0.2, -0.15) is 15.1 Å². The fourth-order valence-corrected chi connectivity index (χ4v) is 4.63. The lowest BCUT2D eigenvalue weighted by molar-refractivity contribution is 0.122. The van der Waals surface area contributed by atoms with Gasteiger partial charge in [0.1, 0.15) is 6.33 Å².